The van der Waals surface area contributed by atoms with Crippen LogP contribution >= 0.6 is 27.5 Å². The van der Waals surface area contributed by atoms with Gasteiger partial charge >= 0.3 is 0 Å². The van der Waals surface area contributed by atoms with Crippen LogP contribution in [0.4, 0.5) is 0 Å². The molecule has 1 aliphatic rings. The van der Waals surface area contributed by atoms with Gasteiger partial charge in [0, 0.05) is 29.2 Å². The van der Waals surface area contributed by atoms with E-state index in [9.17, 15) is 4.79 Å². The topological polar surface area (TPSA) is 38.8 Å². The third-order valence-electron chi connectivity index (χ3n) is 4.26. The number of hydrogen-bond donors (Lipinski definition) is 0. The number of nitrogens with zero attached hydrogens (tertiary/aromatic N) is 1. The molecule has 1 fully saturated rings. The predicted octanol–water partition coefficient (Wildman–Crippen LogP) is 4.69. The molecule has 0 spiro atoms. The lowest BCUT2D eigenvalue weighted by Gasteiger charge is -2.25. The van der Waals surface area contributed by atoms with Crippen LogP contribution in [0.25, 0.3) is 0 Å². The monoisotopic (exact) mass is 437 g/mol. The van der Waals surface area contributed by atoms with Crippen LogP contribution < -0.4 is 4.74 Å². The second-order valence-corrected chi connectivity index (χ2v) is 7.63. The van der Waals surface area contributed by atoms with Crippen molar-refractivity contribution in [2.75, 3.05) is 19.8 Å². The summed E-state index contributed by atoms with van der Waals surface area (Å²) in [5, 5.41) is 0.685. The maximum absolute atomic E-state index is 12.8. The van der Waals surface area contributed by atoms with Gasteiger partial charge in [-0.05, 0) is 54.8 Å². The van der Waals surface area contributed by atoms with Gasteiger partial charge in [0.25, 0.3) is 5.91 Å². The Kier molecular flexibility index (Phi) is 6.94. The Morgan fingerprint density at radius 2 is 1.92 bits per heavy atom. The lowest BCUT2D eigenvalue weighted by Crippen LogP contribution is -2.39. The maximum Gasteiger partial charge on any atom is 0.260 e. The van der Waals surface area contributed by atoms with Crippen LogP contribution in [0, 0.1) is 0 Å². The summed E-state index contributed by atoms with van der Waals surface area (Å²) in [5.74, 6) is 0.614. The molecule has 1 amide bonds. The molecule has 2 aromatic rings. The maximum atomic E-state index is 12.8. The number of hydrogen-bond acceptors (Lipinski definition) is 3. The quantitative estimate of drug-likeness (QED) is 0.629. The van der Waals surface area contributed by atoms with Crippen LogP contribution in [0.2, 0.25) is 5.02 Å². The van der Waals surface area contributed by atoms with Crippen LogP contribution in [-0.4, -0.2) is 36.7 Å². The largest absolute Gasteiger partial charge is 0.484 e. The van der Waals surface area contributed by atoms with Gasteiger partial charge in [-0.2, -0.15) is 0 Å². The third kappa shape index (κ3) is 5.73. The molecular weight excluding hydrogens is 418 g/mol. The fraction of sp³-hybridized carbons (Fsp3) is 0.350. The van der Waals surface area contributed by atoms with Gasteiger partial charge in [0.1, 0.15) is 5.75 Å². The zero-order chi connectivity index (χ0) is 18.4. The van der Waals surface area contributed by atoms with E-state index in [2.05, 4.69) is 15.9 Å². The molecule has 0 N–H and O–H groups in total. The smallest absolute Gasteiger partial charge is 0.260 e. The average molecular weight is 439 g/mol. The average Bonchev–Trinajstić information content (AvgIpc) is 3.15. The number of carbonyl (C=O) groups excluding carboxylic acids is 1. The van der Waals surface area contributed by atoms with E-state index in [1.54, 1.807) is 4.90 Å². The molecule has 0 aliphatic carbocycles. The summed E-state index contributed by atoms with van der Waals surface area (Å²) < 4.78 is 12.3. The number of benzene rings is 2. The van der Waals surface area contributed by atoms with Crippen LogP contribution in [0.1, 0.15) is 18.4 Å². The first-order chi connectivity index (χ1) is 12.6. The number of halogens is 2. The fourth-order valence-corrected chi connectivity index (χ4v) is 3.26. The normalized spacial score (nSPS) is 16.5. The van der Waals surface area contributed by atoms with Crippen molar-refractivity contribution in [3.05, 3.63) is 63.6 Å². The summed E-state index contributed by atoms with van der Waals surface area (Å²) in [6, 6.07) is 15.0. The van der Waals surface area contributed by atoms with Crippen molar-refractivity contribution in [1.82, 2.24) is 4.90 Å². The number of ether oxygens (including phenoxy) is 2. The van der Waals surface area contributed by atoms with Crippen molar-refractivity contribution >= 4 is 33.4 Å². The Hall–Kier alpha value is -1.56. The first-order valence-corrected chi connectivity index (χ1v) is 9.79. The molecular formula is C20H21BrClNO3. The molecule has 138 valence electrons. The standard InChI is InChI=1S/C20H21BrClNO3/c21-16-5-9-18(10-6-16)26-14-20(24)23(13-19-2-1-11-25-19)12-15-3-7-17(22)8-4-15/h3-10,19H,1-2,11-14H2. The highest BCUT2D eigenvalue weighted by atomic mass is 79.9. The van der Waals surface area contributed by atoms with Crippen molar-refractivity contribution < 1.29 is 14.3 Å². The molecule has 1 aliphatic heterocycles. The fourth-order valence-electron chi connectivity index (χ4n) is 2.87. The van der Waals surface area contributed by atoms with Gasteiger partial charge in [0.15, 0.2) is 6.61 Å². The van der Waals surface area contributed by atoms with Crippen molar-refractivity contribution in [1.29, 1.82) is 0 Å². The molecule has 0 aromatic heterocycles. The summed E-state index contributed by atoms with van der Waals surface area (Å²) in [7, 11) is 0. The minimum atomic E-state index is -0.0571. The lowest BCUT2D eigenvalue weighted by atomic mass is 10.2. The first-order valence-electron chi connectivity index (χ1n) is 8.62. The molecule has 0 saturated carbocycles. The lowest BCUT2D eigenvalue weighted by molar-refractivity contribution is -0.135. The van der Waals surface area contributed by atoms with Gasteiger partial charge in [-0.15, -0.1) is 0 Å². The molecule has 1 unspecified atom stereocenters. The molecule has 1 saturated heterocycles. The Morgan fingerprint density at radius 1 is 1.19 bits per heavy atom. The summed E-state index contributed by atoms with van der Waals surface area (Å²) in [4.78, 5) is 14.6. The second kappa shape index (κ2) is 9.40. The minimum absolute atomic E-state index is 0.00193. The summed E-state index contributed by atoms with van der Waals surface area (Å²) in [5.41, 5.74) is 1.03. The molecule has 1 atom stereocenters. The van der Waals surface area contributed by atoms with Gasteiger partial charge in [-0.3, -0.25) is 4.79 Å². The van der Waals surface area contributed by atoms with E-state index in [-0.39, 0.29) is 18.6 Å². The van der Waals surface area contributed by atoms with E-state index in [0.29, 0.717) is 23.9 Å². The van der Waals surface area contributed by atoms with Crippen LogP contribution in [0.5, 0.6) is 5.75 Å². The van der Waals surface area contributed by atoms with Crippen molar-refractivity contribution in [2.45, 2.75) is 25.5 Å². The van der Waals surface area contributed by atoms with Gasteiger partial charge in [-0.1, -0.05) is 39.7 Å². The van der Waals surface area contributed by atoms with E-state index in [0.717, 1.165) is 29.5 Å². The van der Waals surface area contributed by atoms with Gasteiger partial charge in [0.05, 0.1) is 6.10 Å². The summed E-state index contributed by atoms with van der Waals surface area (Å²) in [6.07, 6.45) is 2.13. The van der Waals surface area contributed by atoms with Gasteiger partial charge in [-0.25, -0.2) is 0 Å². The highest BCUT2D eigenvalue weighted by molar-refractivity contribution is 9.10. The summed E-state index contributed by atoms with van der Waals surface area (Å²) >= 11 is 9.34. The molecule has 1 heterocycles. The van der Waals surface area contributed by atoms with E-state index in [1.165, 1.54) is 0 Å². The van der Waals surface area contributed by atoms with Crippen LogP contribution in [0.15, 0.2) is 53.0 Å². The van der Waals surface area contributed by atoms with E-state index in [1.807, 2.05) is 48.5 Å². The highest BCUT2D eigenvalue weighted by Gasteiger charge is 2.23. The van der Waals surface area contributed by atoms with Gasteiger partial charge < -0.3 is 14.4 Å². The Balaban J connectivity index is 1.63. The molecule has 0 bridgehead atoms. The Labute approximate surface area is 167 Å². The van der Waals surface area contributed by atoms with E-state index in [4.69, 9.17) is 21.1 Å². The second-order valence-electron chi connectivity index (χ2n) is 6.28. The molecule has 2 aromatic carbocycles. The molecule has 0 radical (unpaired) electrons. The zero-order valence-electron chi connectivity index (χ0n) is 14.4. The molecule has 4 nitrogen and oxygen atoms in total. The van der Waals surface area contributed by atoms with Crippen molar-refractivity contribution in [2.24, 2.45) is 0 Å². The van der Waals surface area contributed by atoms with Gasteiger partial charge in [0.2, 0.25) is 0 Å². The molecule has 6 heteroatoms. The molecule has 26 heavy (non-hydrogen) atoms. The summed E-state index contributed by atoms with van der Waals surface area (Å²) in [6.45, 7) is 1.86. The minimum Gasteiger partial charge on any atom is -0.484 e. The first kappa shape index (κ1) is 19.2. The van der Waals surface area contributed by atoms with Crippen molar-refractivity contribution in [3.63, 3.8) is 0 Å². The Bertz CT molecular complexity index is 715. The SMILES string of the molecule is O=C(COc1ccc(Br)cc1)N(Cc1ccc(Cl)cc1)CC1CCCO1. The van der Waals surface area contributed by atoms with E-state index < -0.39 is 0 Å². The highest BCUT2D eigenvalue weighted by Crippen LogP contribution is 2.18. The Morgan fingerprint density at radius 3 is 2.58 bits per heavy atom. The van der Waals surface area contributed by atoms with E-state index >= 15 is 0 Å². The number of amides is 1. The predicted molar refractivity (Wildman–Crippen MR) is 105 cm³/mol. The third-order valence-corrected chi connectivity index (χ3v) is 5.04. The van der Waals surface area contributed by atoms with Crippen LogP contribution in [-0.2, 0) is 16.1 Å². The number of rotatable bonds is 7. The van der Waals surface area contributed by atoms with Crippen LogP contribution in [0.3, 0.4) is 0 Å². The molecule has 3 rings (SSSR count). The number of carbonyl (C=O) groups is 1. The van der Waals surface area contributed by atoms with Crippen molar-refractivity contribution in [3.8, 4) is 5.75 Å². The zero-order valence-corrected chi connectivity index (χ0v) is 16.7.